The maximum Gasteiger partial charge on any atom is 0.316 e. The minimum absolute atomic E-state index is 0.0293. The third-order valence-corrected chi connectivity index (χ3v) is 4.62. The van der Waals surface area contributed by atoms with Crippen LogP contribution >= 0.6 is 0 Å². The number of amides is 4. The Hall–Kier alpha value is -1.87. The monoisotopic (exact) mass is 402 g/mol. The summed E-state index contributed by atoms with van der Waals surface area (Å²) >= 11 is 0. The topological polar surface area (TPSA) is 140 Å². The van der Waals surface area contributed by atoms with Crippen molar-refractivity contribution >= 4 is 17.8 Å². The number of aliphatic hydroxyl groups excluding tert-OH is 2. The second-order valence-electron chi connectivity index (χ2n) is 8.84. The molecular formula is C19H38N4O5. The number of carbonyl (C=O) groups is 3. The molecule has 6 N–H and O–H groups in total. The van der Waals surface area contributed by atoms with E-state index in [1.165, 1.54) is 27.7 Å². The van der Waals surface area contributed by atoms with Gasteiger partial charge in [-0.25, -0.2) is 4.79 Å². The molecule has 0 bridgehead atoms. The van der Waals surface area contributed by atoms with Gasteiger partial charge in [0.15, 0.2) is 0 Å². The van der Waals surface area contributed by atoms with E-state index in [1.54, 1.807) is 0 Å². The third kappa shape index (κ3) is 8.02. The Labute approximate surface area is 168 Å². The van der Waals surface area contributed by atoms with E-state index in [-0.39, 0.29) is 25.0 Å². The summed E-state index contributed by atoms with van der Waals surface area (Å²) in [6.45, 7) is 13.2. The van der Waals surface area contributed by atoms with Gasteiger partial charge in [0.2, 0.25) is 11.8 Å². The lowest BCUT2D eigenvalue weighted by Gasteiger charge is -2.32. The molecule has 9 heteroatoms. The fraction of sp³-hybridized carbons (Fsp3) is 0.842. The normalized spacial score (nSPS) is 14.4. The van der Waals surface area contributed by atoms with Crippen molar-refractivity contribution in [3.05, 3.63) is 0 Å². The van der Waals surface area contributed by atoms with Crippen LogP contribution < -0.4 is 21.3 Å². The standard InChI is InChI=1S/C19H38N4O5/c1-11(2)13(9-24)20-15(26)18(5,6)22-17(28)23-19(7,8)16(27)21-14(10-25)12(3)4/h11-14,24-25H,9-10H2,1-8H3,(H,20,26)(H,21,27)(H2,22,23,28)/t13-,14-/m1/s1. The zero-order valence-corrected chi connectivity index (χ0v) is 18.3. The second-order valence-corrected chi connectivity index (χ2v) is 8.84. The molecule has 0 aliphatic carbocycles. The molecule has 0 unspecified atom stereocenters. The van der Waals surface area contributed by atoms with Gasteiger partial charge in [0.1, 0.15) is 11.1 Å². The first-order chi connectivity index (χ1) is 12.7. The molecule has 0 spiro atoms. The number of rotatable bonds is 10. The first-order valence-electron chi connectivity index (χ1n) is 9.61. The molecule has 0 rings (SSSR count). The van der Waals surface area contributed by atoms with Crippen molar-refractivity contribution in [1.82, 2.24) is 21.3 Å². The van der Waals surface area contributed by atoms with Crippen molar-refractivity contribution in [2.45, 2.75) is 78.6 Å². The van der Waals surface area contributed by atoms with Crippen LogP contribution in [-0.4, -0.2) is 64.4 Å². The Morgan fingerprint density at radius 2 is 1.00 bits per heavy atom. The quantitative estimate of drug-likeness (QED) is 0.308. The van der Waals surface area contributed by atoms with Crippen LogP contribution in [0.4, 0.5) is 4.79 Å². The van der Waals surface area contributed by atoms with Gasteiger partial charge in [0, 0.05) is 0 Å². The molecule has 0 aromatic carbocycles. The second kappa shape index (κ2) is 10.6. The summed E-state index contributed by atoms with van der Waals surface area (Å²) in [6, 6.07) is -1.54. The lowest BCUT2D eigenvalue weighted by Crippen LogP contribution is -2.64. The number of carbonyl (C=O) groups excluding carboxylic acids is 3. The SMILES string of the molecule is CC(C)[C@@H](CO)NC(=O)C(C)(C)NC(=O)NC(C)(C)C(=O)N[C@H](CO)C(C)C. The first-order valence-corrected chi connectivity index (χ1v) is 9.61. The molecule has 28 heavy (non-hydrogen) atoms. The molecule has 164 valence electrons. The van der Waals surface area contributed by atoms with Crippen LogP contribution in [0.3, 0.4) is 0 Å². The van der Waals surface area contributed by atoms with Crippen molar-refractivity contribution in [3.63, 3.8) is 0 Å². The minimum atomic E-state index is -1.26. The number of urea groups is 1. The van der Waals surface area contributed by atoms with Crippen molar-refractivity contribution in [2.24, 2.45) is 11.8 Å². The van der Waals surface area contributed by atoms with Gasteiger partial charge in [-0.1, -0.05) is 27.7 Å². The molecule has 4 amide bonds. The lowest BCUT2D eigenvalue weighted by atomic mass is 9.99. The average molecular weight is 403 g/mol. The van der Waals surface area contributed by atoms with Crippen LogP contribution in [0.5, 0.6) is 0 Å². The van der Waals surface area contributed by atoms with Gasteiger partial charge in [-0.05, 0) is 39.5 Å². The molecule has 0 saturated heterocycles. The van der Waals surface area contributed by atoms with E-state index in [4.69, 9.17) is 0 Å². The summed E-state index contributed by atoms with van der Waals surface area (Å²) in [4.78, 5) is 37.3. The van der Waals surface area contributed by atoms with Crippen LogP contribution in [0.25, 0.3) is 0 Å². The Morgan fingerprint density at radius 3 is 1.21 bits per heavy atom. The summed E-state index contributed by atoms with van der Waals surface area (Å²) in [5.41, 5.74) is -2.52. The molecule has 0 aliphatic heterocycles. The predicted octanol–water partition coefficient (Wildman–Crippen LogP) is 0.109. The predicted molar refractivity (Wildman–Crippen MR) is 108 cm³/mol. The molecule has 0 fully saturated rings. The Kier molecular flexibility index (Phi) is 9.90. The molecule has 0 aromatic heterocycles. The van der Waals surface area contributed by atoms with Crippen LogP contribution in [-0.2, 0) is 9.59 Å². The van der Waals surface area contributed by atoms with E-state index >= 15 is 0 Å². The van der Waals surface area contributed by atoms with Gasteiger partial charge < -0.3 is 31.5 Å². The van der Waals surface area contributed by atoms with Crippen molar-refractivity contribution in [1.29, 1.82) is 0 Å². The first kappa shape index (κ1) is 26.1. The van der Waals surface area contributed by atoms with Crippen LogP contribution in [0, 0.1) is 11.8 Å². The summed E-state index contributed by atoms with van der Waals surface area (Å²) in [6.07, 6.45) is 0. The number of hydrogen-bond acceptors (Lipinski definition) is 5. The van der Waals surface area contributed by atoms with E-state index in [0.717, 1.165) is 0 Å². The highest BCUT2D eigenvalue weighted by atomic mass is 16.3. The lowest BCUT2D eigenvalue weighted by molar-refractivity contribution is -0.127. The summed E-state index contributed by atoms with van der Waals surface area (Å²) in [5.74, 6) is -0.834. The summed E-state index contributed by atoms with van der Waals surface area (Å²) < 4.78 is 0. The maximum atomic E-state index is 12.5. The molecule has 9 nitrogen and oxygen atoms in total. The van der Waals surface area contributed by atoms with Gasteiger partial charge in [-0.2, -0.15) is 0 Å². The maximum absolute atomic E-state index is 12.5. The smallest absolute Gasteiger partial charge is 0.316 e. The fourth-order valence-corrected chi connectivity index (χ4v) is 2.26. The molecular weight excluding hydrogens is 364 g/mol. The van der Waals surface area contributed by atoms with Crippen molar-refractivity contribution in [3.8, 4) is 0 Å². The molecule has 2 atom stereocenters. The number of hydrogen-bond donors (Lipinski definition) is 6. The van der Waals surface area contributed by atoms with Gasteiger partial charge in [0.25, 0.3) is 0 Å². The number of nitrogens with one attached hydrogen (secondary N) is 4. The fourth-order valence-electron chi connectivity index (χ4n) is 2.26. The number of aliphatic hydroxyl groups is 2. The highest BCUT2D eigenvalue weighted by Gasteiger charge is 2.36. The highest BCUT2D eigenvalue weighted by Crippen LogP contribution is 2.09. The van der Waals surface area contributed by atoms with E-state index < -0.39 is 41.0 Å². The van der Waals surface area contributed by atoms with Crippen LogP contribution in [0.15, 0.2) is 0 Å². The molecule has 0 saturated carbocycles. The Balaban J connectivity index is 4.95. The van der Waals surface area contributed by atoms with Crippen LogP contribution in [0.2, 0.25) is 0 Å². The molecule has 0 radical (unpaired) electrons. The van der Waals surface area contributed by atoms with E-state index in [0.29, 0.717) is 0 Å². The van der Waals surface area contributed by atoms with Crippen molar-refractivity contribution < 1.29 is 24.6 Å². The summed E-state index contributed by atoms with van der Waals surface area (Å²) in [5, 5.41) is 29.2. The third-order valence-electron chi connectivity index (χ3n) is 4.62. The van der Waals surface area contributed by atoms with Gasteiger partial charge in [-0.15, -0.1) is 0 Å². The molecule has 0 heterocycles. The average Bonchev–Trinajstić information content (AvgIpc) is 2.54. The largest absolute Gasteiger partial charge is 0.394 e. The Morgan fingerprint density at radius 1 is 0.714 bits per heavy atom. The zero-order chi connectivity index (χ0) is 22.3. The molecule has 0 aromatic rings. The van der Waals surface area contributed by atoms with E-state index in [1.807, 2.05) is 27.7 Å². The van der Waals surface area contributed by atoms with Gasteiger partial charge in [0.05, 0.1) is 25.3 Å². The van der Waals surface area contributed by atoms with Gasteiger partial charge in [-0.3, -0.25) is 9.59 Å². The van der Waals surface area contributed by atoms with E-state index in [9.17, 15) is 24.6 Å². The highest BCUT2D eigenvalue weighted by molar-refractivity contribution is 5.93. The summed E-state index contributed by atoms with van der Waals surface area (Å²) in [7, 11) is 0. The Bertz CT molecular complexity index is 500. The van der Waals surface area contributed by atoms with Gasteiger partial charge >= 0.3 is 6.03 Å². The van der Waals surface area contributed by atoms with Crippen molar-refractivity contribution in [2.75, 3.05) is 13.2 Å². The van der Waals surface area contributed by atoms with Crippen LogP contribution in [0.1, 0.15) is 55.4 Å². The minimum Gasteiger partial charge on any atom is -0.394 e. The zero-order valence-electron chi connectivity index (χ0n) is 18.3. The van der Waals surface area contributed by atoms with E-state index in [2.05, 4.69) is 21.3 Å². The molecule has 0 aliphatic rings.